The molecule has 0 amide bonds. The summed E-state index contributed by atoms with van der Waals surface area (Å²) in [5.74, 6) is 1.35. The number of aliphatic hydroxyl groups is 4. The third-order valence-electron chi connectivity index (χ3n) is 12.1. The second-order valence-electron chi connectivity index (χ2n) is 13.6. The molecule has 13 atom stereocenters. The fourth-order valence-corrected chi connectivity index (χ4v) is 9.73. The van der Waals surface area contributed by atoms with Gasteiger partial charge in [-0.05, 0) is 105 Å². The van der Waals surface area contributed by atoms with Crippen LogP contribution in [0.4, 0.5) is 0 Å². The molecule has 1 aliphatic heterocycles. The zero-order valence-corrected chi connectivity index (χ0v) is 22.8. The number of hydrogen-bond acceptors (Lipinski definition) is 8. The van der Waals surface area contributed by atoms with Gasteiger partial charge in [0.2, 0.25) is 0 Å². The van der Waals surface area contributed by atoms with Gasteiger partial charge in [-0.1, -0.05) is 13.8 Å². The van der Waals surface area contributed by atoms with E-state index in [0.717, 1.165) is 63.4 Å². The summed E-state index contributed by atoms with van der Waals surface area (Å²) in [5.41, 5.74) is -0.168. The third kappa shape index (κ3) is 3.89. The predicted molar refractivity (Wildman–Crippen MR) is 138 cm³/mol. The normalized spacial score (nSPS) is 52.6. The lowest BCUT2D eigenvalue weighted by molar-refractivity contribution is -0.310. The second kappa shape index (κ2) is 9.38. The van der Waals surface area contributed by atoms with Crippen LogP contribution in [0, 0.1) is 28.6 Å². The highest BCUT2D eigenvalue weighted by Gasteiger charge is 2.67. The van der Waals surface area contributed by atoms with Crippen molar-refractivity contribution in [2.45, 2.75) is 127 Å². The Morgan fingerprint density at radius 2 is 1.71 bits per heavy atom. The first kappa shape index (κ1) is 26.9. The summed E-state index contributed by atoms with van der Waals surface area (Å²) in [5, 5.41) is 43.1. The Morgan fingerprint density at radius 3 is 2.45 bits per heavy atom. The van der Waals surface area contributed by atoms with E-state index in [2.05, 4.69) is 13.8 Å². The van der Waals surface area contributed by atoms with Gasteiger partial charge in [0.1, 0.15) is 18.3 Å². The highest BCUT2D eigenvalue weighted by Crippen LogP contribution is 2.70. The third-order valence-corrected chi connectivity index (χ3v) is 12.1. The molecule has 4 aliphatic carbocycles. The molecule has 6 rings (SSSR count). The van der Waals surface area contributed by atoms with E-state index in [1.165, 1.54) is 6.07 Å². The summed E-state index contributed by atoms with van der Waals surface area (Å²) in [7, 11) is 0. The van der Waals surface area contributed by atoms with E-state index >= 15 is 0 Å². The topological polar surface area (TPSA) is 130 Å². The molecule has 4 N–H and O–H groups in total. The first-order chi connectivity index (χ1) is 18.0. The van der Waals surface area contributed by atoms with Gasteiger partial charge < -0.3 is 34.3 Å². The Morgan fingerprint density at radius 1 is 0.921 bits per heavy atom. The van der Waals surface area contributed by atoms with Crippen LogP contribution in [-0.4, -0.2) is 62.8 Å². The van der Waals surface area contributed by atoms with E-state index in [1.807, 2.05) is 6.07 Å². The molecule has 1 aromatic rings. The molecule has 8 nitrogen and oxygen atoms in total. The number of hydrogen-bond donors (Lipinski definition) is 4. The van der Waals surface area contributed by atoms with Crippen LogP contribution in [0.1, 0.15) is 90.0 Å². The lowest BCUT2D eigenvalue weighted by atomic mass is 9.43. The van der Waals surface area contributed by atoms with Gasteiger partial charge >= 0.3 is 5.63 Å². The second-order valence-corrected chi connectivity index (χ2v) is 13.6. The van der Waals surface area contributed by atoms with E-state index in [4.69, 9.17) is 13.9 Å². The Hall–Kier alpha value is -1.29. The van der Waals surface area contributed by atoms with Crippen molar-refractivity contribution in [3.8, 4) is 0 Å². The molecule has 0 spiro atoms. The van der Waals surface area contributed by atoms with Crippen molar-refractivity contribution in [3.63, 3.8) is 0 Å². The van der Waals surface area contributed by atoms with Gasteiger partial charge in [0.25, 0.3) is 0 Å². The van der Waals surface area contributed by atoms with E-state index in [1.54, 1.807) is 13.2 Å². The van der Waals surface area contributed by atoms with Gasteiger partial charge in [0.05, 0.1) is 24.1 Å². The fourth-order valence-electron chi connectivity index (χ4n) is 9.73. The Balaban J connectivity index is 1.17. The van der Waals surface area contributed by atoms with Crippen molar-refractivity contribution in [1.29, 1.82) is 0 Å². The van der Waals surface area contributed by atoms with Crippen molar-refractivity contribution in [2.24, 2.45) is 28.6 Å². The molecule has 1 saturated heterocycles. The number of ether oxygens (including phenoxy) is 2. The zero-order valence-electron chi connectivity index (χ0n) is 22.8. The fraction of sp³-hybridized carbons (Fsp3) is 0.833. The molecule has 1 unspecified atom stereocenters. The van der Waals surface area contributed by atoms with Gasteiger partial charge in [-0.3, -0.25) is 0 Å². The molecular formula is C30H44O8. The van der Waals surface area contributed by atoms with E-state index < -0.39 is 36.3 Å². The van der Waals surface area contributed by atoms with Gasteiger partial charge in [0.15, 0.2) is 6.29 Å². The van der Waals surface area contributed by atoms with Crippen molar-refractivity contribution in [3.05, 3.63) is 34.4 Å². The number of rotatable bonds is 3. The van der Waals surface area contributed by atoms with E-state index in [-0.39, 0.29) is 34.4 Å². The predicted octanol–water partition coefficient (Wildman–Crippen LogP) is 3.09. The number of aliphatic hydroxyl groups excluding tert-OH is 3. The highest BCUT2D eigenvalue weighted by molar-refractivity contribution is 5.27. The van der Waals surface area contributed by atoms with Crippen molar-refractivity contribution in [1.82, 2.24) is 0 Å². The van der Waals surface area contributed by atoms with Crippen LogP contribution < -0.4 is 5.63 Å². The van der Waals surface area contributed by atoms with Crippen molar-refractivity contribution < 1.29 is 34.3 Å². The van der Waals surface area contributed by atoms with Gasteiger partial charge in [-0.15, -0.1) is 0 Å². The molecule has 5 aliphatic rings. The van der Waals surface area contributed by atoms with Crippen LogP contribution in [0.2, 0.25) is 0 Å². The van der Waals surface area contributed by atoms with E-state index in [0.29, 0.717) is 11.8 Å². The summed E-state index contributed by atoms with van der Waals surface area (Å²) in [6, 6.07) is 3.38. The molecule has 0 aromatic carbocycles. The molecule has 1 aromatic heterocycles. The average Bonchev–Trinajstić information content (AvgIpc) is 3.18. The lowest BCUT2D eigenvalue weighted by Crippen LogP contribution is -2.62. The largest absolute Gasteiger partial charge is 0.431 e. The summed E-state index contributed by atoms with van der Waals surface area (Å²) in [6.07, 6.45) is 4.75. The lowest BCUT2D eigenvalue weighted by Gasteiger charge is -2.63. The first-order valence-electron chi connectivity index (χ1n) is 14.6. The minimum atomic E-state index is -1.28. The van der Waals surface area contributed by atoms with E-state index in [9.17, 15) is 25.2 Å². The Bertz CT molecular complexity index is 1070. The Labute approximate surface area is 224 Å². The van der Waals surface area contributed by atoms with Crippen LogP contribution >= 0.6 is 0 Å². The quantitative estimate of drug-likeness (QED) is 0.437. The summed E-state index contributed by atoms with van der Waals surface area (Å²) >= 11 is 0. The molecule has 0 bridgehead atoms. The molecule has 8 heteroatoms. The Kier molecular flexibility index (Phi) is 6.64. The molecule has 4 saturated carbocycles. The van der Waals surface area contributed by atoms with Crippen LogP contribution in [-0.2, 0) is 9.47 Å². The molecule has 212 valence electrons. The van der Waals surface area contributed by atoms with Gasteiger partial charge in [0, 0.05) is 11.5 Å². The molecule has 5 fully saturated rings. The zero-order chi connectivity index (χ0) is 27.0. The molecule has 2 heterocycles. The van der Waals surface area contributed by atoms with Crippen LogP contribution in [0.3, 0.4) is 0 Å². The number of fused-ring (bicyclic) bond motifs is 5. The maximum absolute atomic E-state index is 12.4. The monoisotopic (exact) mass is 532 g/mol. The average molecular weight is 533 g/mol. The van der Waals surface area contributed by atoms with Gasteiger partial charge in [-0.25, -0.2) is 4.79 Å². The van der Waals surface area contributed by atoms with Crippen LogP contribution in [0.15, 0.2) is 27.6 Å². The maximum Gasteiger partial charge on any atom is 0.335 e. The minimum absolute atomic E-state index is 0.0699. The van der Waals surface area contributed by atoms with Crippen LogP contribution in [0.5, 0.6) is 0 Å². The van der Waals surface area contributed by atoms with Gasteiger partial charge in [-0.2, -0.15) is 0 Å². The van der Waals surface area contributed by atoms with Crippen molar-refractivity contribution in [2.75, 3.05) is 0 Å². The minimum Gasteiger partial charge on any atom is -0.431 e. The highest BCUT2D eigenvalue weighted by atomic mass is 16.7. The summed E-state index contributed by atoms with van der Waals surface area (Å²) in [4.78, 5) is 11.5. The molecule has 0 radical (unpaired) electrons. The summed E-state index contributed by atoms with van der Waals surface area (Å²) < 4.78 is 17.1. The maximum atomic E-state index is 12.4. The smallest absolute Gasteiger partial charge is 0.335 e. The van der Waals surface area contributed by atoms with Crippen LogP contribution in [0.25, 0.3) is 0 Å². The van der Waals surface area contributed by atoms with Crippen molar-refractivity contribution >= 4 is 0 Å². The standard InChI is InChI=1S/C30H44O8/c1-16-24(32)25(33)26(34)27(37-16)38-19-8-11-28(2)18(14-19)5-6-22-21(28)9-12-29(3)20(10-13-30(22,29)35)17-4-7-23(31)36-15-17/h4,7,15-16,18-22,24-27,32-35H,5-6,8-14H2,1-3H3/t16-,18+,19-,20?,21-,22+,24-,25+,26+,27-,28-,29+,30-/m0/s1. The molecular weight excluding hydrogens is 488 g/mol. The SMILES string of the molecule is C[C@@H]1O[C@@H](O[C@H]2CC[C@@]3(C)[C@H](CC[C@@H]4[C@@H]3CC[C@]3(C)C(c5ccc(=O)oc5)CC[C@]43O)C2)[C@H](O)[C@H](O)[C@H]1O. The summed E-state index contributed by atoms with van der Waals surface area (Å²) in [6.45, 7) is 6.36. The first-order valence-corrected chi connectivity index (χ1v) is 14.6. The molecule has 38 heavy (non-hydrogen) atoms.